The number of carbonyl (C=O) groups is 2. The van der Waals surface area contributed by atoms with Gasteiger partial charge in [0, 0.05) is 20.1 Å². The number of amides is 2. The number of imide groups is 1. The zero-order valence-corrected chi connectivity index (χ0v) is 19.0. The number of carbonyl (C=O) groups excluding carboxylic acids is 2. The van der Waals surface area contributed by atoms with Gasteiger partial charge in [0.05, 0.1) is 7.11 Å². The highest BCUT2D eigenvalue weighted by Gasteiger charge is 2.44. The SMILES string of the molecule is COCON1C(=O)C(=CC(C)C)N(Cc2ccc(OC)cc2)C(Cc2ccccc2)C1=O. The maximum atomic E-state index is 13.4. The lowest BCUT2D eigenvalue weighted by Gasteiger charge is -2.41. The Hall–Kier alpha value is -3.16. The summed E-state index contributed by atoms with van der Waals surface area (Å²) in [5.41, 5.74) is 2.40. The fraction of sp³-hybridized carbons (Fsp3) is 0.360. The predicted molar refractivity (Wildman–Crippen MR) is 120 cm³/mol. The first-order chi connectivity index (χ1) is 15.4. The minimum absolute atomic E-state index is 0.0992. The first-order valence-electron chi connectivity index (χ1n) is 10.6. The van der Waals surface area contributed by atoms with E-state index in [4.69, 9.17) is 14.3 Å². The molecule has 170 valence electrons. The van der Waals surface area contributed by atoms with Crippen molar-refractivity contribution < 1.29 is 23.9 Å². The van der Waals surface area contributed by atoms with Gasteiger partial charge in [0.2, 0.25) is 0 Å². The second-order valence-electron chi connectivity index (χ2n) is 7.95. The normalized spacial score (nSPS) is 18.0. The molecule has 0 spiro atoms. The summed E-state index contributed by atoms with van der Waals surface area (Å²) in [5.74, 6) is -0.0523. The van der Waals surface area contributed by atoms with Crippen molar-refractivity contribution >= 4 is 11.8 Å². The van der Waals surface area contributed by atoms with Gasteiger partial charge in [-0.15, -0.1) is 5.06 Å². The second-order valence-corrected chi connectivity index (χ2v) is 7.95. The van der Waals surface area contributed by atoms with Gasteiger partial charge >= 0.3 is 5.91 Å². The van der Waals surface area contributed by atoms with Crippen molar-refractivity contribution in [2.45, 2.75) is 32.9 Å². The summed E-state index contributed by atoms with van der Waals surface area (Å²) in [5, 5.41) is 0.843. The summed E-state index contributed by atoms with van der Waals surface area (Å²) in [4.78, 5) is 34.0. The van der Waals surface area contributed by atoms with E-state index in [0.717, 1.165) is 21.9 Å². The number of rotatable bonds is 9. The van der Waals surface area contributed by atoms with Crippen LogP contribution in [-0.2, 0) is 32.1 Å². The molecule has 1 atom stereocenters. The number of allylic oxidation sites excluding steroid dienone is 1. The predicted octanol–water partition coefficient (Wildman–Crippen LogP) is 3.55. The number of hydrogen-bond donors (Lipinski definition) is 0. The van der Waals surface area contributed by atoms with Crippen LogP contribution < -0.4 is 4.74 Å². The molecule has 2 aromatic carbocycles. The van der Waals surface area contributed by atoms with Gasteiger partial charge in [-0.1, -0.05) is 62.4 Å². The summed E-state index contributed by atoms with van der Waals surface area (Å²) in [6, 6.07) is 16.8. The van der Waals surface area contributed by atoms with Gasteiger partial charge in [-0.25, -0.2) is 4.84 Å². The van der Waals surface area contributed by atoms with Crippen LogP contribution in [0.15, 0.2) is 66.4 Å². The molecule has 2 aromatic rings. The standard InChI is InChI=1S/C25H30N2O5/c1-18(2)14-22-24(28)27(32-17-30-3)25(29)23(15-19-8-6-5-7-9-19)26(22)16-20-10-12-21(31-4)13-11-20/h5-14,18,23H,15-17H2,1-4H3. The Morgan fingerprint density at radius 1 is 0.969 bits per heavy atom. The highest BCUT2D eigenvalue weighted by molar-refractivity contribution is 6.07. The molecule has 1 aliphatic rings. The number of hydroxylamine groups is 2. The van der Waals surface area contributed by atoms with Crippen LogP contribution in [0.1, 0.15) is 25.0 Å². The minimum Gasteiger partial charge on any atom is -0.497 e. The van der Waals surface area contributed by atoms with Crippen LogP contribution in [0.3, 0.4) is 0 Å². The molecule has 0 saturated carbocycles. The number of ether oxygens (including phenoxy) is 2. The van der Waals surface area contributed by atoms with Crippen LogP contribution >= 0.6 is 0 Å². The van der Waals surface area contributed by atoms with Crippen LogP contribution in [-0.4, -0.2) is 48.8 Å². The van der Waals surface area contributed by atoms with E-state index < -0.39 is 17.9 Å². The zero-order valence-electron chi connectivity index (χ0n) is 19.0. The molecule has 1 unspecified atom stereocenters. The Morgan fingerprint density at radius 2 is 1.66 bits per heavy atom. The maximum Gasteiger partial charge on any atom is 0.300 e. The largest absolute Gasteiger partial charge is 0.497 e. The molecular formula is C25H30N2O5. The molecule has 1 saturated heterocycles. The van der Waals surface area contributed by atoms with E-state index in [1.165, 1.54) is 7.11 Å². The Balaban J connectivity index is 2.02. The van der Waals surface area contributed by atoms with Gasteiger partial charge in [-0.3, -0.25) is 9.59 Å². The van der Waals surface area contributed by atoms with Crippen molar-refractivity contribution in [3.63, 3.8) is 0 Å². The number of piperazine rings is 1. The fourth-order valence-electron chi connectivity index (χ4n) is 3.63. The summed E-state index contributed by atoms with van der Waals surface area (Å²) in [6.45, 7) is 4.20. The van der Waals surface area contributed by atoms with Crippen molar-refractivity contribution in [3.8, 4) is 5.75 Å². The molecule has 0 bridgehead atoms. The van der Waals surface area contributed by atoms with Crippen LogP contribution in [0.4, 0.5) is 0 Å². The summed E-state index contributed by atoms with van der Waals surface area (Å²) in [6.07, 6.45) is 2.31. The van der Waals surface area contributed by atoms with Crippen molar-refractivity contribution in [2.24, 2.45) is 5.92 Å². The molecule has 1 fully saturated rings. The molecule has 0 N–H and O–H groups in total. The molecule has 0 aromatic heterocycles. The molecule has 3 rings (SSSR count). The van der Waals surface area contributed by atoms with Crippen molar-refractivity contribution in [1.29, 1.82) is 0 Å². The summed E-state index contributed by atoms with van der Waals surface area (Å²) >= 11 is 0. The molecule has 0 aliphatic carbocycles. The second kappa shape index (κ2) is 10.9. The third kappa shape index (κ3) is 5.55. The third-order valence-electron chi connectivity index (χ3n) is 5.15. The first-order valence-corrected chi connectivity index (χ1v) is 10.6. The molecule has 1 aliphatic heterocycles. The van der Waals surface area contributed by atoms with Crippen LogP contribution in [0.25, 0.3) is 0 Å². The van der Waals surface area contributed by atoms with E-state index in [9.17, 15) is 9.59 Å². The van der Waals surface area contributed by atoms with Gasteiger partial charge in [-0.05, 0) is 29.2 Å². The van der Waals surface area contributed by atoms with Crippen LogP contribution in [0.5, 0.6) is 5.75 Å². The van der Waals surface area contributed by atoms with Gasteiger partial charge < -0.3 is 14.4 Å². The van der Waals surface area contributed by atoms with Gasteiger partial charge in [0.25, 0.3) is 5.91 Å². The lowest BCUT2D eigenvalue weighted by molar-refractivity contribution is -0.226. The monoisotopic (exact) mass is 438 g/mol. The van der Waals surface area contributed by atoms with Gasteiger partial charge in [0.15, 0.2) is 6.79 Å². The molecule has 1 heterocycles. The van der Waals surface area contributed by atoms with E-state index in [2.05, 4.69) is 0 Å². The number of methoxy groups -OCH3 is 2. The van der Waals surface area contributed by atoms with Crippen molar-refractivity contribution in [3.05, 3.63) is 77.5 Å². The quantitative estimate of drug-likeness (QED) is 0.339. The van der Waals surface area contributed by atoms with Gasteiger partial charge in [-0.2, -0.15) is 0 Å². The summed E-state index contributed by atoms with van der Waals surface area (Å²) < 4.78 is 10.2. The van der Waals surface area contributed by atoms with Crippen molar-refractivity contribution in [2.75, 3.05) is 21.0 Å². The van der Waals surface area contributed by atoms with E-state index in [-0.39, 0.29) is 12.7 Å². The lowest BCUT2D eigenvalue weighted by atomic mass is 9.98. The summed E-state index contributed by atoms with van der Waals surface area (Å²) in [7, 11) is 3.06. The molecule has 2 amide bonds. The molecular weight excluding hydrogens is 408 g/mol. The average Bonchev–Trinajstić information content (AvgIpc) is 2.80. The molecule has 32 heavy (non-hydrogen) atoms. The highest BCUT2D eigenvalue weighted by atomic mass is 16.8. The minimum atomic E-state index is -0.612. The van der Waals surface area contributed by atoms with Gasteiger partial charge in [0.1, 0.15) is 17.5 Å². The topological polar surface area (TPSA) is 68.3 Å². The number of nitrogens with zero attached hydrogens (tertiary/aromatic N) is 2. The van der Waals surface area contributed by atoms with Crippen LogP contribution in [0, 0.1) is 5.92 Å². The number of benzene rings is 2. The Morgan fingerprint density at radius 3 is 2.25 bits per heavy atom. The Labute approximate surface area is 189 Å². The van der Waals surface area contributed by atoms with E-state index in [0.29, 0.717) is 18.7 Å². The van der Waals surface area contributed by atoms with E-state index in [1.54, 1.807) is 7.11 Å². The average molecular weight is 439 g/mol. The van der Waals surface area contributed by atoms with E-state index >= 15 is 0 Å². The van der Waals surface area contributed by atoms with E-state index in [1.807, 2.05) is 79.4 Å². The molecule has 7 heteroatoms. The van der Waals surface area contributed by atoms with Crippen LogP contribution in [0.2, 0.25) is 0 Å². The van der Waals surface area contributed by atoms with Crippen molar-refractivity contribution in [1.82, 2.24) is 9.96 Å². The highest BCUT2D eigenvalue weighted by Crippen LogP contribution is 2.28. The maximum absolute atomic E-state index is 13.4. The number of hydrogen-bond acceptors (Lipinski definition) is 6. The third-order valence-corrected chi connectivity index (χ3v) is 5.15. The Bertz CT molecular complexity index is 941. The smallest absolute Gasteiger partial charge is 0.300 e. The zero-order chi connectivity index (χ0) is 23.1. The lowest BCUT2D eigenvalue weighted by Crippen LogP contribution is -2.58. The first kappa shape index (κ1) is 23.5. The molecule has 0 radical (unpaired) electrons. The fourth-order valence-corrected chi connectivity index (χ4v) is 3.63. The molecule has 7 nitrogen and oxygen atoms in total. The Kier molecular flexibility index (Phi) is 8.03.